The number of benzene rings is 2. The average Bonchev–Trinajstić information content (AvgIpc) is 2.92. The van der Waals surface area contributed by atoms with Gasteiger partial charge in [-0.05, 0) is 22.9 Å². The Morgan fingerprint density at radius 2 is 2.00 bits per heavy atom. The second-order valence-corrected chi connectivity index (χ2v) is 4.82. The zero-order chi connectivity index (χ0) is 12.4. The van der Waals surface area contributed by atoms with Gasteiger partial charge in [-0.25, -0.2) is 0 Å². The summed E-state index contributed by atoms with van der Waals surface area (Å²) in [6.45, 7) is 1.07. The van der Waals surface area contributed by atoms with Gasteiger partial charge in [-0.3, -0.25) is 4.79 Å². The molecule has 1 heterocycles. The maximum atomic E-state index is 12.0. The van der Waals surface area contributed by atoms with E-state index in [1.807, 2.05) is 30.3 Å². The maximum Gasteiger partial charge on any atom is 0.282 e. The van der Waals surface area contributed by atoms with Crippen molar-refractivity contribution in [3.05, 3.63) is 42.5 Å². The number of quaternary nitrogens is 1. The highest BCUT2D eigenvalue weighted by molar-refractivity contribution is 5.96. The second-order valence-electron chi connectivity index (χ2n) is 4.82. The summed E-state index contributed by atoms with van der Waals surface area (Å²) in [7, 11) is 0. The molecular weight excluding hydrogens is 224 g/mol. The van der Waals surface area contributed by atoms with Gasteiger partial charge in [-0.15, -0.1) is 0 Å². The van der Waals surface area contributed by atoms with Crippen molar-refractivity contribution in [1.29, 1.82) is 0 Å². The normalized spacial score (nSPS) is 19.0. The number of nitrogens with one attached hydrogen (secondary N) is 1. The minimum Gasteiger partial charge on any atom is -0.336 e. The summed E-state index contributed by atoms with van der Waals surface area (Å²) in [4.78, 5) is 12.0. The molecule has 0 bridgehead atoms. The molecule has 0 aliphatic carbocycles. The monoisotopic (exact) mass is 241 g/mol. The minimum absolute atomic E-state index is 0.0940. The van der Waals surface area contributed by atoms with Crippen LogP contribution in [0.5, 0.6) is 0 Å². The van der Waals surface area contributed by atoms with Gasteiger partial charge in [0.1, 0.15) is 0 Å². The van der Waals surface area contributed by atoms with Crippen LogP contribution in [-0.4, -0.2) is 18.5 Å². The van der Waals surface area contributed by atoms with Crippen molar-refractivity contribution < 1.29 is 10.1 Å². The highest BCUT2D eigenvalue weighted by atomic mass is 16.2. The number of carbonyl (C=O) groups excluding carboxylic acids is 1. The van der Waals surface area contributed by atoms with E-state index in [2.05, 4.69) is 22.8 Å². The maximum absolute atomic E-state index is 12.0. The Kier molecular flexibility index (Phi) is 2.99. The first-order chi connectivity index (χ1) is 8.83. The second kappa shape index (κ2) is 4.78. The molecule has 3 heteroatoms. The van der Waals surface area contributed by atoms with Gasteiger partial charge in [0.2, 0.25) is 0 Å². The summed E-state index contributed by atoms with van der Waals surface area (Å²) in [5.41, 5.74) is 0.888. The standard InChI is InChI=1S/C15H16N2O/c18-15(14-6-3-9-16-14)17-13-8-7-11-4-1-2-5-12(11)10-13/h1-2,4-5,7-8,10,14,16H,3,6,9H2,(H,17,18)/p+1/t14-/m1/s1. The molecule has 2 aromatic rings. The Labute approximate surface area is 106 Å². The van der Waals surface area contributed by atoms with Crippen LogP contribution < -0.4 is 10.6 Å². The van der Waals surface area contributed by atoms with Crippen LogP contribution in [0.2, 0.25) is 0 Å². The summed E-state index contributed by atoms with van der Waals surface area (Å²) in [6, 6.07) is 14.3. The van der Waals surface area contributed by atoms with Crippen LogP contribution in [0, 0.1) is 0 Å². The van der Waals surface area contributed by atoms with Crippen molar-refractivity contribution in [2.45, 2.75) is 18.9 Å². The fourth-order valence-electron chi connectivity index (χ4n) is 2.51. The van der Waals surface area contributed by atoms with E-state index in [-0.39, 0.29) is 11.9 Å². The molecule has 3 nitrogen and oxygen atoms in total. The Balaban J connectivity index is 1.79. The molecule has 18 heavy (non-hydrogen) atoms. The largest absolute Gasteiger partial charge is 0.336 e. The van der Waals surface area contributed by atoms with Gasteiger partial charge in [0, 0.05) is 18.5 Å². The van der Waals surface area contributed by atoms with Crippen LogP contribution in [0.3, 0.4) is 0 Å². The molecule has 3 rings (SSSR count). The molecule has 1 aliphatic rings. The number of rotatable bonds is 2. The van der Waals surface area contributed by atoms with Crippen molar-refractivity contribution in [2.24, 2.45) is 0 Å². The predicted octanol–water partition coefficient (Wildman–Crippen LogP) is 1.50. The Morgan fingerprint density at radius 1 is 1.17 bits per heavy atom. The molecule has 1 saturated heterocycles. The molecule has 0 unspecified atom stereocenters. The Bertz CT molecular complexity index is 573. The summed E-state index contributed by atoms with van der Waals surface area (Å²) in [6.07, 6.45) is 2.12. The number of hydrogen-bond donors (Lipinski definition) is 2. The van der Waals surface area contributed by atoms with E-state index in [4.69, 9.17) is 0 Å². The zero-order valence-corrected chi connectivity index (χ0v) is 10.2. The van der Waals surface area contributed by atoms with Crippen LogP contribution in [0.15, 0.2) is 42.5 Å². The van der Waals surface area contributed by atoms with Crippen LogP contribution in [-0.2, 0) is 4.79 Å². The topological polar surface area (TPSA) is 45.7 Å². The van der Waals surface area contributed by atoms with Crippen LogP contribution in [0.1, 0.15) is 12.8 Å². The van der Waals surface area contributed by atoms with E-state index in [1.54, 1.807) is 0 Å². The van der Waals surface area contributed by atoms with E-state index < -0.39 is 0 Å². The number of amides is 1. The third-order valence-corrected chi connectivity index (χ3v) is 3.52. The molecule has 2 aromatic carbocycles. The summed E-state index contributed by atoms with van der Waals surface area (Å²) >= 11 is 0. The SMILES string of the molecule is O=C(Nc1ccc2ccccc2c1)[C@H]1CCC[NH2+]1. The molecule has 0 saturated carbocycles. The summed E-state index contributed by atoms with van der Waals surface area (Å²) in [5, 5.41) is 7.48. The van der Waals surface area contributed by atoms with Gasteiger partial charge in [0.05, 0.1) is 6.54 Å². The van der Waals surface area contributed by atoms with Crippen molar-refractivity contribution in [3.8, 4) is 0 Å². The van der Waals surface area contributed by atoms with Gasteiger partial charge in [-0.1, -0.05) is 30.3 Å². The molecule has 92 valence electrons. The number of anilines is 1. The third-order valence-electron chi connectivity index (χ3n) is 3.52. The van der Waals surface area contributed by atoms with Gasteiger partial charge in [0.25, 0.3) is 5.91 Å². The number of nitrogens with two attached hydrogens (primary N) is 1. The fourth-order valence-corrected chi connectivity index (χ4v) is 2.51. The third kappa shape index (κ3) is 2.22. The predicted molar refractivity (Wildman–Crippen MR) is 72.4 cm³/mol. The van der Waals surface area contributed by atoms with Crippen molar-refractivity contribution in [2.75, 3.05) is 11.9 Å². The molecule has 1 amide bonds. The first kappa shape index (κ1) is 11.2. The smallest absolute Gasteiger partial charge is 0.282 e. The lowest BCUT2D eigenvalue weighted by Gasteiger charge is -2.09. The summed E-state index contributed by atoms with van der Waals surface area (Å²) < 4.78 is 0. The lowest BCUT2D eigenvalue weighted by atomic mass is 10.1. The number of fused-ring (bicyclic) bond motifs is 1. The van der Waals surface area contributed by atoms with E-state index >= 15 is 0 Å². The average molecular weight is 241 g/mol. The quantitative estimate of drug-likeness (QED) is 0.822. The van der Waals surface area contributed by atoms with E-state index in [0.29, 0.717) is 0 Å². The first-order valence-electron chi connectivity index (χ1n) is 6.46. The van der Waals surface area contributed by atoms with Gasteiger partial charge < -0.3 is 10.6 Å². The lowest BCUT2D eigenvalue weighted by molar-refractivity contribution is -0.656. The number of carbonyl (C=O) groups is 1. The Morgan fingerprint density at radius 3 is 2.78 bits per heavy atom. The Hall–Kier alpha value is -1.87. The first-order valence-corrected chi connectivity index (χ1v) is 6.46. The molecule has 3 N–H and O–H groups in total. The number of hydrogen-bond acceptors (Lipinski definition) is 1. The van der Waals surface area contributed by atoms with Crippen molar-refractivity contribution in [3.63, 3.8) is 0 Å². The molecular formula is C15H17N2O+. The van der Waals surface area contributed by atoms with E-state index in [1.165, 1.54) is 5.39 Å². The molecule has 0 spiro atoms. The van der Waals surface area contributed by atoms with Gasteiger partial charge in [-0.2, -0.15) is 0 Å². The van der Waals surface area contributed by atoms with Crippen molar-refractivity contribution >= 4 is 22.4 Å². The molecule has 0 aromatic heterocycles. The lowest BCUT2D eigenvalue weighted by Crippen LogP contribution is -2.88. The van der Waals surface area contributed by atoms with Gasteiger partial charge >= 0.3 is 0 Å². The van der Waals surface area contributed by atoms with Crippen molar-refractivity contribution in [1.82, 2.24) is 0 Å². The van der Waals surface area contributed by atoms with Crippen LogP contribution in [0.25, 0.3) is 10.8 Å². The van der Waals surface area contributed by atoms with Crippen LogP contribution >= 0.6 is 0 Å². The van der Waals surface area contributed by atoms with E-state index in [0.717, 1.165) is 30.5 Å². The van der Waals surface area contributed by atoms with E-state index in [9.17, 15) is 4.79 Å². The highest BCUT2D eigenvalue weighted by Crippen LogP contribution is 2.19. The molecule has 1 fully saturated rings. The van der Waals surface area contributed by atoms with Crippen LogP contribution in [0.4, 0.5) is 5.69 Å². The minimum atomic E-state index is 0.0940. The molecule has 0 radical (unpaired) electrons. The highest BCUT2D eigenvalue weighted by Gasteiger charge is 2.25. The zero-order valence-electron chi connectivity index (χ0n) is 10.2. The fraction of sp³-hybridized carbons (Fsp3) is 0.267. The summed E-state index contributed by atoms with van der Waals surface area (Å²) in [5.74, 6) is 0.128. The molecule has 1 atom stereocenters. The van der Waals surface area contributed by atoms with Gasteiger partial charge in [0.15, 0.2) is 6.04 Å². The molecule has 1 aliphatic heterocycles.